The molecule has 6 rings (SSSR count). The van der Waals surface area contributed by atoms with Crippen LogP contribution in [0.15, 0.2) is 58.3 Å². The predicted octanol–water partition coefficient (Wildman–Crippen LogP) is 4.02. The first-order valence-electron chi connectivity index (χ1n) is 12.7. The second-order valence-corrected chi connectivity index (χ2v) is 13.5. The van der Waals surface area contributed by atoms with E-state index in [-0.39, 0.29) is 47.0 Å². The molecule has 0 radical (unpaired) electrons. The van der Waals surface area contributed by atoms with E-state index in [0.29, 0.717) is 23.7 Å². The molecule has 0 N–H and O–H groups in total. The Morgan fingerprint density at radius 3 is 1.38 bits per heavy atom. The van der Waals surface area contributed by atoms with Gasteiger partial charge in [0, 0.05) is 0 Å². The maximum Gasteiger partial charge on any atom is 0.296 e. The van der Waals surface area contributed by atoms with Gasteiger partial charge in [-0.3, -0.25) is 8.37 Å². The molecule has 4 aliphatic rings. The van der Waals surface area contributed by atoms with Gasteiger partial charge in [0.1, 0.15) is 11.5 Å². The van der Waals surface area contributed by atoms with Crippen LogP contribution in [0.3, 0.4) is 0 Å². The fraction of sp³-hybridized carbons (Fsp3) is 0.538. The minimum atomic E-state index is -3.87. The molecular formula is C26H30O9S2. The highest BCUT2D eigenvalue weighted by Crippen LogP contribution is 2.40. The Morgan fingerprint density at radius 1 is 0.595 bits per heavy atom. The minimum absolute atomic E-state index is 0.0523. The lowest BCUT2D eigenvalue weighted by Crippen LogP contribution is -2.20. The van der Waals surface area contributed by atoms with Gasteiger partial charge in [-0.2, -0.15) is 16.8 Å². The van der Waals surface area contributed by atoms with Crippen molar-refractivity contribution in [1.29, 1.82) is 0 Å². The lowest BCUT2D eigenvalue weighted by Gasteiger charge is -2.18. The molecule has 2 saturated carbocycles. The van der Waals surface area contributed by atoms with E-state index >= 15 is 0 Å². The zero-order valence-corrected chi connectivity index (χ0v) is 21.9. The van der Waals surface area contributed by atoms with Crippen molar-refractivity contribution in [3.05, 3.63) is 48.5 Å². The van der Waals surface area contributed by atoms with Crippen LogP contribution < -0.4 is 4.74 Å². The van der Waals surface area contributed by atoms with Crippen molar-refractivity contribution in [3.8, 4) is 11.5 Å². The molecule has 2 aliphatic heterocycles. The van der Waals surface area contributed by atoms with Crippen molar-refractivity contribution >= 4 is 20.2 Å². The van der Waals surface area contributed by atoms with Crippen LogP contribution in [-0.2, 0) is 38.1 Å². The Labute approximate surface area is 217 Å². The van der Waals surface area contributed by atoms with Gasteiger partial charge in [-0.05, 0) is 98.9 Å². The van der Waals surface area contributed by atoms with Crippen molar-refractivity contribution in [2.24, 2.45) is 11.8 Å². The van der Waals surface area contributed by atoms with E-state index < -0.39 is 20.2 Å². The van der Waals surface area contributed by atoms with E-state index in [2.05, 4.69) is 0 Å². The second-order valence-electron chi connectivity index (χ2n) is 10.3. The number of hydrogen-bond acceptors (Lipinski definition) is 9. The second kappa shape index (κ2) is 9.94. The number of hydrogen-bond donors (Lipinski definition) is 0. The summed E-state index contributed by atoms with van der Waals surface area (Å²) in [5.41, 5.74) is 0. The van der Waals surface area contributed by atoms with E-state index in [0.717, 1.165) is 38.5 Å². The van der Waals surface area contributed by atoms with Gasteiger partial charge < -0.3 is 14.2 Å². The molecule has 9 nitrogen and oxygen atoms in total. The summed E-state index contributed by atoms with van der Waals surface area (Å²) < 4.78 is 77.6. The van der Waals surface area contributed by atoms with Crippen molar-refractivity contribution in [3.63, 3.8) is 0 Å². The molecule has 0 bridgehead atoms. The van der Waals surface area contributed by atoms with Gasteiger partial charge in [-0.1, -0.05) is 0 Å². The van der Waals surface area contributed by atoms with Crippen LogP contribution in [0.25, 0.3) is 0 Å². The van der Waals surface area contributed by atoms with Crippen molar-refractivity contribution in [2.75, 3.05) is 13.2 Å². The third-order valence-corrected chi connectivity index (χ3v) is 10.2. The largest absolute Gasteiger partial charge is 0.457 e. The molecule has 11 heteroatoms. The number of fused-ring (bicyclic) bond motifs is 2. The fourth-order valence-corrected chi connectivity index (χ4v) is 7.22. The van der Waals surface area contributed by atoms with Gasteiger partial charge in [-0.15, -0.1) is 0 Å². The van der Waals surface area contributed by atoms with E-state index in [9.17, 15) is 16.8 Å². The van der Waals surface area contributed by atoms with Crippen molar-refractivity contribution in [1.82, 2.24) is 0 Å². The summed E-state index contributed by atoms with van der Waals surface area (Å²) in [6.45, 7) is 0.310. The topological polar surface area (TPSA) is 121 Å². The quantitative estimate of drug-likeness (QED) is 0.319. The molecule has 0 spiro atoms. The summed E-state index contributed by atoms with van der Waals surface area (Å²) in [5, 5.41) is 0. The lowest BCUT2D eigenvalue weighted by atomic mass is 9.90. The molecule has 2 aromatic carbocycles. The van der Waals surface area contributed by atoms with Crippen LogP contribution in [0.1, 0.15) is 38.5 Å². The molecule has 6 atom stereocenters. The molecule has 0 aromatic heterocycles. The summed E-state index contributed by atoms with van der Waals surface area (Å²) in [7, 11) is -7.75. The van der Waals surface area contributed by atoms with Gasteiger partial charge in [-0.25, -0.2) is 0 Å². The lowest BCUT2D eigenvalue weighted by molar-refractivity contribution is 0.222. The fourth-order valence-electron chi connectivity index (χ4n) is 5.27. The van der Waals surface area contributed by atoms with Crippen LogP contribution in [0.5, 0.6) is 11.5 Å². The maximum atomic E-state index is 12.6. The van der Waals surface area contributed by atoms with Crippen LogP contribution in [-0.4, -0.2) is 54.5 Å². The van der Waals surface area contributed by atoms with Crippen molar-refractivity contribution in [2.45, 2.75) is 72.7 Å². The van der Waals surface area contributed by atoms with Gasteiger partial charge >= 0.3 is 0 Å². The third kappa shape index (κ3) is 6.02. The van der Waals surface area contributed by atoms with Gasteiger partial charge in [0.05, 0.1) is 47.4 Å². The summed E-state index contributed by atoms with van der Waals surface area (Å²) in [6, 6.07) is 11.8. The van der Waals surface area contributed by atoms with E-state index in [4.69, 9.17) is 22.6 Å². The zero-order valence-electron chi connectivity index (χ0n) is 20.2. The smallest absolute Gasteiger partial charge is 0.296 e. The van der Waals surface area contributed by atoms with E-state index in [1.807, 2.05) is 0 Å². The summed E-state index contributed by atoms with van der Waals surface area (Å²) in [6.07, 6.45) is 6.69. The average Bonchev–Trinajstić information content (AvgIpc) is 3.81. The van der Waals surface area contributed by atoms with Crippen LogP contribution >= 0.6 is 0 Å². The molecule has 37 heavy (non-hydrogen) atoms. The molecule has 0 amide bonds. The molecule has 2 saturated heterocycles. The standard InChI is InChI=1S/C26H30O9S2/c27-36(28,31-15-17-1-11-23-25(13-17)34-23)21-7-3-19(4-8-21)33-20-5-9-22(10-6-20)37(29,30)32-16-18-2-12-24-26(14-18)35-24/h3-10,17-18,23-26H,1-2,11-16H2. The molecule has 2 aromatic rings. The molecule has 200 valence electrons. The third-order valence-electron chi connectivity index (χ3n) is 7.60. The first kappa shape index (κ1) is 25.3. The molecule has 2 aliphatic carbocycles. The predicted molar refractivity (Wildman–Crippen MR) is 131 cm³/mol. The van der Waals surface area contributed by atoms with E-state index in [1.54, 1.807) is 0 Å². The maximum absolute atomic E-state index is 12.6. The average molecular weight is 551 g/mol. The number of epoxide rings is 2. The van der Waals surface area contributed by atoms with Crippen LogP contribution in [0.4, 0.5) is 0 Å². The molecule has 6 unspecified atom stereocenters. The van der Waals surface area contributed by atoms with Gasteiger partial charge in [0.25, 0.3) is 20.2 Å². The normalized spacial score (nSPS) is 30.7. The van der Waals surface area contributed by atoms with Gasteiger partial charge in [0.2, 0.25) is 0 Å². The Balaban J connectivity index is 1.01. The van der Waals surface area contributed by atoms with Crippen LogP contribution in [0, 0.1) is 11.8 Å². The Kier molecular flexibility index (Phi) is 6.79. The summed E-state index contributed by atoms with van der Waals surface area (Å²) >= 11 is 0. The Hall–Kier alpha value is -2.02. The Bertz CT molecular complexity index is 1220. The highest BCUT2D eigenvalue weighted by atomic mass is 32.2. The Morgan fingerprint density at radius 2 is 1.00 bits per heavy atom. The summed E-state index contributed by atoms with van der Waals surface area (Å²) in [4.78, 5) is 0.105. The minimum Gasteiger partial charge on any atom is -0.457 e. The number of benzene rings is 2. The van der Waals surface area contributed by atoms with Crippen molar-refractivity contribution < 1.29 is 39.4 Å². The van der Waals surface area contributed by atoms with Crippen LogP contribution in [0.2, 0.25) is 0 Å². The monoisotopic (exact) mass is 550 g/mol. The highest BCUT2D eigenvalue weighted by Gasteiger charge is 2.45. The zero-order chi connectivity index (χ0) is 25.6. The molecular weight excluding hydrogens is 520 g/mol. The summed E-state index contributed by atoms with van der Waals surface area (Å²) in [5.74, 6) is 1.19. The molecule has 4 fully saturated rings. The molecule has 2 heterocycles. The first-order chi connectivity index (χ1) is 17.7. The highest BCUT2D eigenvalue weighted by molar-refractivity contribution is 7.87. The van der Waals surface area contributed by atoms with E-state index in [1.165, 1.54) is 48.5 Å². The number of ether oxygens (including phenoxy) is 3. The van der Waals surface area contributed by atoms with Gasteiger partial charge in [0.15, 0.2) is 0 Å². The SMILES string of the molecule is O=S(=O)(OCC1CCC2OC2C1)c1ccc(Oc2ccc(S(=O)(=O)OCC3CCC4OC4C3)cc2)cc1. The number of rotatable bonds is 10. The first-order valence-corrected chi connectivity index (χ1v) is 15.5.